The van der Waals surface area contributed by atoms with Gasteiger partial charge < -0.3 is 19.9 Å². The van der Waals surface area contributed by atoms with Gasteiger partial charge in [-0.25, -0.2) is 9.37 Å². The average molecular weight is 655 g/mol. The summed E-state index contributed by atoms with van der Waals surface area (Å²) in [4.78, 5) is 46.3. The summed E-state index contributed by atoms with van der Waals surface area (Å²) in [7, 11) is 3.45. The number of pyridine rings is 2. The monoisotopic (exact) mass is 654 g/mol. The first-order valence-electron chi connectivity index (χ1n) is 15.5. The molecular weight excluding hydrogens is 619 g/mol. The van der Waals surface area contributed by atoms with Crippen LogP contribution in [0.5, 0.6) is 0 Å². The third kappa shape index (κ3) is 6.38. The highest BCUT2D eigenvalue weighted by atomic mass is 32.1. The molecule has 6 rings (SSSR count). The molecule has 2 N–H and O–H groups in total. The van der Waals surface area contributed by atoms with Crippen LogP contribution in [0.15, 0.2) is 71.0 Å². The summed E-state index contributed by atoms with van der Waals surface area (Å²) in [5, 5.41) is 18.9. The standard InChI is InChI=1S/C35H35FN6O4S/c1-4-23(44)9-8-14-40(2)32-13-7-12-31(39-32)38-28-15-21(19-41(3)34(28)45)25-16-22(36)17-29(27(25)20-43)42-35(46)33-26(18-37-42)24-10-5-6-11-30(24)47-33/h4,7,12-13,15-19,43H,1,5-6,8-11,14,20H2,2-3H3,(H,38,39). The van der Waals surface area contributed by atoms with Crippen molar-refractivity contribution in [1.29, 1.82) is 0 Å². The van der Waals surface area contributed by atoms with Crippen molar-refractivity contribution in [3.05, 3.63) is 104 Å². The van der Waals surface area contributed by atoms with Gasteiger partial charge in [0.15, 0.2) is 5.78 Å². The van der Waals surface area contributed by atoms with E-state index < -0.39 is 12.4 Å². The van der Waals surface area contributed by atoms with Crippen LogP contribution < -0.4 is 21.3 Å². The van der Waals surface area contributed by atoms with Crippen molar-refractivity contribution in [2.45, 2.75) is 45.1 Å². The number of nitrogens with zero attached hydrogens (tertiary/aromatic N) is 5. The third-order valence-corrected chi connectivity index (χ3v) is 9.80. The summed E-state index contributed by atoms with van der Waals surface area (Å²) in [6.45, 7) is 3.60. The SMILES string of the molecule is C=CC(=O)CCCN(C)c1cccc(Nc2cc(-c3cc(F)cc(-n4ncc5c6c(sc5c4=O)CCCC6)c3CO)cn(C)c2=O)n1. The molecule has 1 aromatic carbocycles. The molecule has 4 aromatic heterocycles. The highest BCUT2D eigenvalue weighted by Gasteiger charge is 2.22. The first-order chi connectivity index (χ1) is 22.7. The molecule has 5 aromatic rings. The number of hydrogen-bond donors (Lipinski definition) is 2. The molecule has 1 aliphatic rings. The van der Waals surface area contributed by atoms with Crippen molar-refractivity contribution in [1.82, 2.24) is 19.3 Å². The number of allylic oxidation sites excluding steroid dienone is 1. The van der Waals surface area contributed by atoms with Crippen molar-refractivity contribution in [3.63, 3.8) is 0 Å². The Labute approximate surface area is 274 Å². The van der Waals surface area contributed by atoms with E-state index in [4.69, 9.17) is 0 Å². The number of aromatic nitrogens is 4. The van der Waals surface area contributed by atoms with Crippen molar-refractivity contribution in [3.8, 4) is 16.8 Å². The van der Waals surface area contributed by atoms with E-state index in [1.807, 2.05) is 18.0 Å². The number of benzene rings is 1. The first kappa shape index (κ1) is 32.0. The molecule has 0 aliphatic heterocycles. The van der Waals surface area contributed by atoms with E-state index in [1.54, 1.807) is 37.6 Å². The van der Waals surface area contributed by atoms with E-state index in [2.05, 4.69) is 22.0 Å². The Kier molecular flexibility index (Phi) is 9.15. The van der Waals surface area contributed by atoms with Gasteiger partial charge in [-0.1, -0.05) is 12.6 Å². The number of carbonyl (C=O) groups excluding carboxylic acids is 1. The largest absolute Gasteiger partial charge is 0.392 e. The number of nitrogens with one attached hydrogen (secondary N) is 1. The minimum absolute atomic E-state index is 0.0162. The summed E-state index contributed by atoms with van der Waals surface area (Å²) in [5.41, 5.74) is 1.84. The van der Waals surface area contributed by atoms with Crippen LogP contribution in [0.4, 0.5) is 21.7 Å². The fourth-order valence-corrected chi connectivity index (χ4v) is 7.34. The van der Waals surface area contributed by atoms with Gasteiger partial charge in [0.05, 0.1) is 18.5 Å². The normalized spacial score (nSPS) is 12.6. The maximum absolute atomic E-state index is 15.3. The number of hydrogen-bond acceptors (Lipinski definition) is 9. The molecule has 0 saturated carbocycles. The molecule has 10 nitrogen and oxygen atoms in total. The zero-order chi connectivity index (χ0) is 33.2. The van der Waals surface area contributed by atoms with Gasteiger partial charge in [-0.2, -0.15) is 9.78 Å². The van der Waals surface area contributed by atoms with E-state index in [0.717, 1.165) is 35.8 Å². The zero-order valence-corrected chi connectivity index (χ0v) is 27.1. The number of fused-ring (bicyclic) bond motifs is 3. The number of aryl methyl sites for hydroxylation is 3. The highest BCUT2D eigenvalue weighted by molar-refractivity contribution is 7.19. The van der Waals surface area contributed by atoms with Gasteiger partial charge in [0.2, 0.25) is 0 Å². The third-order valence-electron chi connectivity index (χ3n) is 8.51. The van der Waals surface area contributed by atoms with Crippen molar-refractivity contribution >= 4 is 44.5 Å². The molecule has 12 heteroatoms. The molecular formula is C35H35FN6O4S. The molecule has 0 fully saturated rings. The summed E-state index contributed by atoms with van der Waals surface area (Å²) >= 11 is 1.47. The number of thiophene rings is 1. The number of aliphatic hydroxyl groups is 1. The van der Waals surface area contributed by atoms with Crippen LogP contribution in [0.1, 0.15) is 41.7 Å². The van der Waals surface area contributed by atoms with Crippen LogP contribution in [0.25, 0.3) is 26.9 Å². The minimum Gasteiger partial charge on any atom is -0.392 e. The van der Waals surface area contributed by atoms with Crippen LogP contribution in [-0.2, 0) is 31.3 Å². The summed E-state index contributed by atoms with van der Waals surface area (Å²) < 4.78 is 18.4. The number of ketones is 1. The molecule has 0 unspecified atom stereocenters. The first-order valence-corrected chi connectivity index (χ1v) is 16.3. The minimum atomic E-state index is -0.623. The average Bonchev–Trinajstić information content (AvgIpc) is 3.46. The smallest absolute Gasteiger partial charge is 0.289 e. The second-order valence-corrected chi connectivity index (χ2v) is 12.8. The van der Waals surface area contributed by atoms with Crippen LogP contribution in [-0.4, -0.2) is 43.8 Å². The lowest BCUT2D eigenvalue weighted by Crippen LogP contribution is -2.23. The number of halogens is 1. The Hall–Kier alpha value is -4.94. The van der Waals surface area contributed by atoms with Gasteiger partial charge in [-0.15, -0.1) is 11.3 Å². The Bertz CT molecular complexity index is 2140. The van der Waals surface area contributed by atoms with Crippen LogP contribution >= 0.6 is 11.3 Å². The maximum Gasteiger partial charge on any atom is 0.289 e. The van der Waals surface area contributed by atoms with Gasteiger partial charge in [-0.3, -0.25) is 14.4 Å². The fraction of sp³-hybridized carbons (Fsp3) is 0.286. The lowest BCUT2D eigenvalue weighted by Gasteiger charge is -2.19. The van der Waals surface area contributed by atoms with Gasteiger partial charge in [0.1, 0.15) is 27.8 Å². The second-order valence-electron chi connectivity index (χ2n) is 11.7. The second kappa shape index (κ2) is 13.4. The molecule has 0 amide bonds. The zero-order valence-electron chi connectivity index (χ0n) is 26.3. The molecule has 0 bridgehead atoms. The number of aliphatic hydroxyl groups excluding tert-OH is 1. The molecule has 4 heterocycles. The summed E-state index contributed by atoms with van der Waals surface area (Å²) in [6.07, 6.45) is 9.55. The highest BCUT2D eigenvalue weighted by Crippen LogP contribution is 2.35. The van der Waals surface area contributed by atoms with Gasteiger partial charge in [0.25, 0.3) is 11.1 Å². The lowest BCUT2D eigenvalue weighted by molar-refractivity contribution is -0.114. The Morgan fingerprint density at radius 1 is 1.19 bits per heavy atom. The van der Waals surface area contributed by atoms with Gasteiger partial charge in [-0.05, 0) is 73.6 Å². The Morgan fingerprint density at radius 3 is 2.79 bits per heavy atom. The molecule has 0 radical (unpaired) electrons. The van der Waals surface area contributed by atoms with E-state index in [-0.39, 0.29) is 28.3 Å². The molecule has 1 aliphatic carbocycles. The molecule has 0 saturated heterocycles. The van der Waals surface area contributed by atoms with Crippen molar-refractivity contribution in [2.24, 2.45) is 7.05 Å². The van der Waals surface area contributed by atoms with Crippen LogP contribution in [0.2, 0.25) is 0 Å². The molecule has 242 valence electrons. The van der Waals surface area contributed by atoms with Gasteiger partial charge >= 0.3 is 0 Å². The van der Waals surface area contributed by atoms with Crippen molar-refractivity contribution < 1.29 is 14.3 Å². The van der Waals surface area contributed by atoms with E-state index in [1.165, 1.54) is 44.6 Å². The maximum atomic E-state index is 15.3. The van der Waals surface area contributed by atoms with Crippen LogP contribution in [0.3, 0.4) is 0 Å². The lowest BCUT2D eigenvalue weighted by atomic mass is 9.97. The Balaban J connectivity index is 1.36. The van der Waals surface area contributed by atoms with Crippen LogP contribution in [0, 0.1) is 5.82 Å². The van der Waals surface area contributed by atoms with Crippen molar-refractivity contribution in [2.75, 3.05) is 23.8 Å². The number of anilines is 3. The number of carbonyl (C=O) groups is 1. The fourth-order valence-electron chi connectivity index (χ4n) is 6.06. The summed E-state index contributed by atoms with van der Waals surface area (Å²) in [6, 6.07) is 9.40. The topological polar surface area (TPSA) is 122 Å². The molecule has 0 spiro atoms. The quantitative estimate of drug-likeness (QED) is 0.181. The number of rotatable bonds is 11. The van der Waals surface area contributed by atoms with E-state index in [0.29, 0.717) is 52.4 Å². The van der Waals surface area contributed by atoms with Gasteiger partial charge in [0, 0.05) is 60.7 Å². The van der Waals surface area contributed by atoms with E-state index in [9.17, 15) is 19.5 Å². The molecule has 47 heavy (non-hydrogen) atoms. The predicted molar refractivity (Wildman–Crippen MR) is 184 cm³/mol. The Morgan fingerprint density at radius 2 is 2.00 bits per heavy atom. The summed E-state index contributed by atoms with van der Waals surface area (Å²) in [5.74, 6) is 0.420. The molecule has 0 atom stereocenters. The van der Waals surface area contributed by atoms with E-state index >= 15 is 4.39 Å². The predicted octanol–water partition coefficient (Wildman–Crippen LogP) is 5.43.